The fraction of sp³-hybridized carbons (Fsp3) is 0.714. The maximum Gasteiger partial charge on any atom is 0.0940 e. The summed E-state index contributed by atoms with van der Waals surface area (Å²) in [5.74, 6) is 0.761. The second-order valence-corrected chi connectivity index (χ2v) is 7.31. The topological polar surface area (TPSA) is 29.5 Å². The summed E-state index contributed by atoms with van der Waals surface area (Å²) in [6, 6.07) is 2.09. The average molecular weight is 333 g/mol. The van der Waals surface area contributed by atoms with Gasteiger partial charge in [-0.05, 0) is 53.6 Å². The molecule has 1 aromatic rings. The lowest BCUT2D eigenvalue weighted by Crippen LogP contribution is -2.47. The Kier molecular flexibility index (Phi) is 4.86. The zero-order valence-electron chi connectivity index (χ0n) is 11.0. The second kappa shape index (κ2) is 6.04. The largest absolute Gasteiger partial charge is 0.390 e. The Morgan fingerprint density at radius 3 is 2.72 bits per heavy atom. The van der Waals surface area contributed by atoms with Crippen molar-refractivity contribution in [2.24, 2.45) is 5.92 Å². The first-order valence-corrected chi connectivity index (χ1v) is 8.19. The van der Waals surface area contributed by atoms with E-state index < -0.39 is 6.10 Å². The minimum absolute atomic E-state index is 0.330. The maximum absolute atomic E-state index is 10.5. The van der Waals surface area contributed by atoms with Gasteiger partial charge in [-0.2, -0.15) is 0 Å². The Balaban J connectivity index is 2.03. The molecular formula is C14H21BrO2S. The van der Waals surface area contributed by atoms with Gasteiger partial charge in [0.25, 0.3) is 0 Å². The fourth-order valence-electron chi connectivity index (χ4n) is 2.76. The molecule has 102 valence electrons. The van der Waals surface area contributed by atoms with Crippen molar-refractivity contribution in [1.82, 2.24) is 0 Å². The lowest BCUT2D eigenvalue weighted by molar-refractivity contribution is -0.127. The number of hydrogen-bond acceptors (Lipinski definition) is 3. The molecule has 0 radical (unpaired) electrons. The van der Waals surface area contributed by atoms with Crippen LogP contribution in [0.25, 0.3) is 0 Å². The molecule has 1 heterocycles. The van der Waals surface area contributed by atoms with E-state index in [9.17, 15) is 5.11 Å². The van der Waals surface area contributed by atoms with Gasteiger partial charge in [0.05, 0.1) is 11.7 Å². The van der Waals surface area contributed by atoms with E-state index in [0.717, 1.165) is 36.1 Å². The average Bonchev–Trinajstić information content (AvgIpc) is 2.76. The molecule has 0 bridgehead atoms. The summed E-state index contributed by atoms with van der Waals surface area (Å²) in [6.07, 6.45) is 4.54. The van der Waals surface area contributed by atoms with E-state index >= 15 is 0 Å². The number of aliphatic hydroxyl groups excluding tert-OH is 1. The molecule has 4 heteroatoms. The van der Waals surface area contributed by atoms with Crippen molar-refractivity contribution in [1.29, 1.82) is 0 Å². The third-order valence-corrected chi connectivity index (χ3v) is 5.87. The minimum Gasteiger partial charge on any atom is -0.390 e. The van der Waals surface area contributed by atoms with Crippen LogP contribution in [-0.2, 0) is 11.2 Å². The number of methoxy groups -OCH3 is 1. The van der Waals surface area contributed by atoms with Crippen LogP contribution in [0.4, 0.5) is 0 Å². The standard InChI is InChI=1S/C14H21BrO2S/c1-10-3-5-14(17-2,6-4-10)13(16)8-12-7-11(15)9-18-12/h7,9-10,13,16H,3-6,8H2,1-2H3. The minimum atomic E-state index is -0.402. The highest BCUT2D eigenvalue weighted by Crippen LogP contribution is 2.38. The molecule has 0 aliphatic heterocycles. The molecule has 0 saturated heterocycles. The number of halogens is 1. The van der Waals surface area contributed by atoms with Gasteiger partial charge in [0.15, 0.2) is 0 Å². The number of aliphatic hydroxyl groups is 1. The summed E-state index contributed by atoms with van der Waals surface area (Å²) in [4.78, 5) is 1.21. The number of thiophene rings is 1. The zero-order valence-corrected chi connectivity index (χ0v) is 13.4. The normalized spacial score (nSPS) is 30.3. The molecule has 18 heavy (non-hydrogen) atoms. The van der Waals surface area contributed by atoms with Gasteiger partial charge in [0, 0.05) is 28.3 Å². The quantitative estimate of drug-likeness (QED) is 0.902. The molecule has 0 aromatic carbocycles. The van der Waals surface area contributed by atoms with E-state index in [0.29, 0.717) is 6.42 Å². The molecule has 1 aliphatic carbocycles. The molecule has 2 rings (SSSR count). The highest BCUT2D eigenvalue weighted by Gasteiger charge is 2.40. The molecule has 0 amide bonds. The third-order valence-electron chi connectivity index (χ3n) is 4.15. The van der Waals surface area contributed by atoms with Crippen molar-refractivity contribution in [2.75, 3.05) is 7.11 Å². The summed E-state index contributed by atoms with van der Waals surface area (Å²) in [5.41, 5.74) is -0.330. The van der Waals surface area contributed by atoms with E-state index in [2.05, 4.69) is 34.3 Å². The summed E-state index contributed by atoms with van der Waals surface area (Å²) < 4.78 is 6.81. The zero-order chi connectivity index (χ0) is 13.2. The van der Waals surface area contributed by atoms with Crippen molar-refractivity contribution < 1.29 is 9.84 Å². The smallest absolute Gasteiger partial charge is 0.0940 e. The Labute approximate surface area is 121 Å². The van der Waals surface area contributed by atoms with Crippen LogP contribution in [0.5, 0.6) is 0 Å². The van der Waals surface area contributed by atoms with Crippen molar-refractivity contribution in [2.45, 2.75) is 50.7 Å². The summed E-state index contributed by atoms with van der Waals surface area (Å²) >= 11 is 5.14. The third kappa shape index (κ3) is 3.16. The number of hydrogen-bond donors (Lipinski definition) is 1. The molecule has 1 aromatic heterocycles. The van der Waals surface area contributed by atoms with Crippen molar-refractivity contribution in [3.63, 3.8) is 0 Å². The van der Waals surface area contributed by atoms with Crippen LogP contribution in [0.2, 0.25) is 0 Å². The van der Waals surface area contributed by atoms with Crippen LogP contribution in [-0.4, -0.2) is 23.9 Å². The van der Waals surface area contributed by atoms with Crippen molar-refractivity contribution >= 4 is 27.3 Å². The van der Waals surface area contributed by atoms with E-state index in [1.54, 1.807) is 18.4 Å². The van der Waals surface area contributed by atoms with Gasteiger partial charge >= 0.3 is 0 Å². The lowest BCUT2D eigenvalue weighted by Gasteiger charge is -2.41. The Bertz CT molecular complexity index is 383. The Hall–Kier alpha value is 0.1000. The van der Waals surface area contributed by atoms with Crippen LogP contribution in [0.15, 0.2) is 15.9 Å². The van der Waals surface area contributed by atoms with Gasteiger partial charge in [0.1, 0.15) is 0 Å². The van der Waals surface area contributed by atoms with Gasteiger partial charge in [-0.25, -0.2) is 0 Å². The predicted molar refractivity (Wildman–Crippen MR) is 79.1 cm³/mol. The first kappa shape index (κ1) is 14.5. The summed E-state index contributed by atoms with van der Waals surface area (Å²) in [7, 11) is 1.74. The first-order chi connectivity index (χ1) is 8.55. The van der Waals surface area contributed by atoms with Crippen LogP contribution in [0, 0.1) is 5.92 Å². The number of ether oxygens (including phenoxy) is 1. The van der Waals surface area contributed by atoms with Gasteiger partial charge < -0.3 is 9.84 Å². The van der Waals surface area contributed by atoms with Crippen molar-refractivity contribution in [3.8, 4) is 0 Å². The molecule has 2 nitrogen and oxygen atoms in total. The molecule has 0 spiro atoms. The van der Waals surface area contributed by atoms with Gasteiger partial charge in [-0.3, -0.25) is 0 Å². The van der Waals surface area contributed by atoms with Crippen LogP contribution >= 0.6 is 27.3 Å². The SMILES string of the molecule is COC1(C(O)Cc2cc(Br)cs2)CCC(C)CC1. The van der Waals surface area contributed by atoms with Gasteiger partial charge in [-0.15, -0.1) is 11.3 Å². The molecule has 1 N–H and O–H groups in total. The van der Waals surface area contributed by atoms with E-state index in [1.807, 2.05) is 0 Å². The first-order valence-electron chi connectivity index (χ1n) is 6.52. The molecule has 1 atom stereocenters. The molecule has 1 unspecified atom stereocenters. The number of rotatable bonds is 4. The van der Waals surface area contributed by atoms with Gasteiger partial charge in [-0.1, -0.05) is 6.92 Å². The van der Waals surface area contributed by atoms with Crippen LogP contribution in [0.3, 0.4) is 0 Å². The molecular weight excluding hydrogens is 312 g/mol. The van der Waals surface area contributed by atoms with Crippen molar-refractivity contribution in [3.05, 3.63) is 20.8 Å². The maximum atomic E-state index is 10.5. The molecule has 1 fully saturated rings. The molecule has 1 saturated carbocycles. The van der Waals surface area contributed by atoms with E-state index in [4.69, 9.17) is 4.74 Å². The van der Waals surface area contributed by atoms with E-state index in [-0.39, 0.29) is 5.60 Å². The summed E-state index contributed by atoms with van der Waals surface area (Å²) in [5, 5.41) is 12.6. The second-order valence-electron chi connectivity index (χ2n) is 5.40. The summed E-state index contributed by atoms with van der Waals surface area (Å²) in [6.45, 7) is 2.28. The molecule has 1 aliphatic rings. The Morgan fingerprint density at radius 2 is 2.22 bits per heavy atom. The monoisotopic (exact) mass is 332 g/mol. The highest BCUT2D eigenvalue weighted by atomic mass is 79.9. The highest BCUT2D eigenvalue weighted by molar-refractivity contribution is 9.10. The van der Waals surface area contributed by atoms with Crippen LogP contribution in [0.1, 0.15) is 37.5 Å². The van der Waals surface area contributed by atoms with E-state index in [1.165, 1.54) is 4.88 Å². The fourth-order valence-corrected chi connectivity index (χ4v) is 4.25. The van der Waals surface area contributed by atoms with Gasteiger partial charge in [0.2, 0.25) is 0 Å². The lowest BCUT2D eigenvalue weighted by atomic mass is 9.75. The Morgan fingerprint density at radius 1 is 1.56 bits per heavy atom. The predicted octanol–water partition coefficient (Wildman–Crippen LogP) is 4.01. The van der Waals surface area contributed by atoms with Crippen LogP contribution < -0.4 is 0 Å².